The Kier molecular flexibility index (Phi) is 5.85. The largest absolute Gasteiger partial charge is 0.493 e. The van der Waals surface area contributed by atoms with Crippen molar-refractivity contribution < 1.29 is 23.7 Å². The molecule has 0 aliphatic carbocycles. The second-order valence-corrected chi connectivity index (χ2v) is 9.58. The number of ether oxygens (including phenoxy) is 5. The van der Waals surface area contributed by atoms with E-state index in [-0.39, 0.29) is 5.92 Å². The summed E-state index contributed by atoms with van der Waals surface area (Å²) in [5.74, 6) is 3.97. The summed E-state index contributed by atoms with van der Waals surface area (Å²) in [6, 6.07) is 23.9. The quantitative estimate of drug-likeness (QED) is 0.241. The summed E-state index contributed by atoms with van der Waals surface area (Å²) in [6.07, 6.45) is 1.63. The van der Waals surface area contributed by atoms with Gasteiger partial charge in [0.25, 0.3) is 0 Å². The van der Waals surface area contributed by atoms with Gasteiger partial charge in [0.2, 0.25) is 5.88 Å². The van der Waals surface area contributed by atoms with Crippen molar-refractivity contribution in [2.24, 2.45) is 0 Å². The van der Waals surface area contributed by atoms with E-state index in [0.29, 0.717) is 40.3 Å². The van der Waals surface area contributed by atoms with Crippen LogP contribution in [0.3, 0.4) is 0 Å². The van der Waals surface area contributed by atoms with Crippen LogP contribution in [0.1, 0.15) is 22.6 Å². The SMILES string of the molecule is COc1ccc(-c2nc3c4c(ncn3n2)Oc2ccc3ccccc3c2[C@@H]4c2ccc(OC)c(OC)c2)cc1OC. The number of rotatable bonds is 6. The van der Waals surface area contributed by atoms with E-state index in [0.717, 1.165) is 38.8 Å². The zero-order valence-electron chi connectivity index (χ0n) is 22.9. The van der Waals surface area contributed by atoms with Crippen molar-refractivity contribution in [1.29, 1.82) is 0 Å². The average Bonchev–Trinajstić information content (AvgIpc) is 3.47. The van der Waals surface area contributed by atoms with Gasteiger partial charge in [0.1, 0.15) is 12.1 Å². The minimum Gasteiger partial charge on any atom is -0.493 e. The van der Waals surface area contributed by atoms with Crippen molar-refractivity contribution >= 4 is 16.4 Å². The van der Waals surface area contributed by atoms with Crippen LogP contribution in [-0.2, 0) is 0 Å². The van der Waals surface area contributed by atoms with Crippen LogP contribution in [0.4, 0.5) is 0 Å². The van der Waals surface area contributed by atoms with Gasteiger partial charge in [-0.05, 0) is 52.7 Å². The summed E-state index contributed by atoms with van der Waals surface area (Å²) >= 11 is 0. The highest BCUT2D eigenvalue weighted by Gasteiger charge is 2.35. The van der Waals surface area contributed by atoms with Gasteiger partial charge < -0.3 is 23.7 Å². The summed E-state index contributed by atoms with van der Waals surface area (Å²) in [5.41, 5.74) is 4.23. The highest BCUT2D eigenvalue weighted by molar-refractivity contribution is 5.91. The van der Waals surface area contributed by atoms with Crippen LogP contribution in [0, 0.1) is 0 Å². The molecule has 0 amide bonds. The Balaban J connectivity index is 1.50. The van der Waals surface area contributed by atoms with Crippen LogP contribution < -0.4 is 23.7 Å². The van der Waals surface area contributed by atoms with E-state index in [4.69, 9.17) is 33.8 Å². The Bertz CT molecular complexity index is 1950. The third-order valence-electron chi connectivity index (χ3n) is 7.48. The van der Waals surface area contributed by atoms with E-state index in [1.54, 1.807) is 39.3 Å². The fraction of sp³-hybridized carbons (Fsp3) is 0.156. The standard InChI is InChI=1S/C32H26N4O5/c1-37-22-12-10-19(15-25(22)39-3)27-28-21-8-6-5-7-18(21)9-14-24(28)41-32-29(27)31-34-30(35-36(31)17-33-32)20-11-13-23(38-2)26(16-20)40-4/h5-17,27H,1-4H3/t27-/m0/s1. The van der Waals surface area contributed by atoms with Crippen molar-refractivity contribution in [2.75, 3.05) is 28.4 Å². The van der Waals surface area contributed by atoms with Crippen LogP contribution in [0.5, 0.6) is 34.6 Å². The third kappa shape index (κ3) is 3.88. The lowest BCUT2D eigenvalue weighted by Gasteiger charge is -2.29. The van der Waals surface area contributed by atoms with Gasteiger partial charge >= 0.3 is 0 Å². The smallest absolute Gasteiger partial charge is 0.228 e. The van der Waals surface area contributed by atoms with Crippen LogP contribution in [0.15, 0.2) is 79.1 Å². The zero-order chi connectivity index (χ0) is 28.1. The lowest BCUT2D eigenvalue weighted by molar-refractivity contribution is 0.354. The Hall–Kier alpha value is -5.31. The summed E-state index contributed by atoms with van der Waals surface area (Å²) in [5, 5.41) is 6.96. The molecule has 204 valence electrons. The number of hydrogen-bond acceptors (Lipinski definition) is 8. The molecule has 1 aliphatic rings. The van der Waals surface area contributed by atoms with Crippen molar-refractivity contribution in [2.45, 2.75) is 5.92 Å². The van der Waals surface area contributed by atoms with Crippen molar-refractivity contribution in [1.82, 2.24) is 19.6 Å². The topological polar surface area (TPSA) is 89.2 Å². The van der Waals surface area contributed by atoms with Gasteiger partial charge in [-0.25, -0.2) is 14.5 Å². The molecule has 7 rings (SSSR count). The predicted molar refractivity (Wildman–Crippen MR) is 154 cm³/mol. The monoisotopic (exact) mass is 546 g/mol. The molecule has 0 saturated carbocycles. The second-order valence-electron chi connectivity index (χ2n) is 9.58. The number of aromatic nitrogens is 4. The van der Waals surface area contributed by atoms with Gasteiger partial charge in [0.15, 0.2) is 34.5 Å². The molecular weight excluding hydrogens is 520 g/mol. The maximum absolute atomic E-state index is 6.44. The predicted octanol–water partition coefficient (Wildman–Crippen LogP) is 6.26. The molecule has 1 atom stereocenters. The molecule has 0 spiro atoms. The van der Waals surface area contributed by atoms with Gasteiger partial charge in [0, 0.05) is 17.0 Å². The maximum atomic E-state index is 6.44. The molecule has 4 aromatic carbocycles. The molecule has 1 aliphatic heterocycles. The fourth-order valence-corrected chi connectivity index (χ4v) is 5.57. The lowest BCUT2D eigenvalue weighted by Crippen LogP contribution is -2.15. The van der Waals surface area contributed by atoms with Gasteiger partial charge in [-0.3, -0.25) is 0 Å². The maximum Gasteiger partial charge on any atom is 0.228 e. The second kappa shape index (κ2) is 9.71. The van der Waals surface area contributed by atoms with Crippen LogP contribution in [0.2, 0.25) is 0 Å². The summed E-state index contributed by atoms with van der Waals surface area (Å²) in [4.78, 5) is 9.70. The highest BCUT2D eigenvalue weighted by atomic mass is 16.5. The van der Waals surface area contributed by atoms with Gasteiger partial charge in [-0.1, -0.05) is 36.4 Å². The molecule has 41 heavy (non-hydrogen) atoms. The molecule has 6 aromatic rings. The molecule has 0 bridgehead atoms. The Morgan fingerprint density at radius 2 is 1.46 bits per heavy atom. The first-order valence-electron chi connectivity index (χ1n) is 13.0. The first kappa shape index (κ1) is 24.7. The zero-order valence-corrected chi connectivity index (χ0v) is 22.9. The number of fused-ring (bicyclic) bond motifs is 6. The lowest BCUT2D eigenvalue weighted by atomic mass is 9.81. The number of methoxy groups -OCH3 is 4. The summed E-state index contributed by atoms with van der Waals surface area (Å²) in [6.45, 7) is 0. The molecule has 9 heteroatoms. The Morgan fingerprint density at radius 3 is 2.24 bits per heavy atom. The van der Waals surface area contributed by atoms with E-state index >= 15 is 0 Å². The Morgan fingerprint density at radius 1 is 0.732 bits per heavy atom. The molecule has 2 aromatic heterocycles. The normalized spacial score (nSPS) is 13.8. The number of nitrogens with zero attached hydrogens (tertiary/aromatic N) is 4. The van der Waals surface area contributed by atoms with Crippen LogP contribution in [-0.4, -0.2) is 48.0 Å². The van der Waals surface area contributed by atoms with E-state index < -0.39 is 0 Å². The molecule has 0 radical (unpaired) electrons. The molecule has 0 fully saturated rings. The van der Waals surface area contributed by atoms with E-state index in [1.807, 2.05) is 54.6 Å². The molecule has 0 saturated heterocycles. The van der Waals surface area contributed by atoms with Crippen molar-refractivity contribution in [3.63, 3.8) is 0 Å². The van der Waals surface area contributed by atoms with Crippen molar-refractivity contribution in [3.05, 3.63) is 95.8 Å². The van der Waals surface area contributed by atoms with E-state index in [9.17, 15) is 0 Å². The summed E-state index contributed by atoms with van der Waals surface area (Å²) < 4.78 is 30.3. The van der Waals surface area contributed by atoms with Crippen LogP contribution in [0.25, 0.3) is 27.8 Å². The molecular formula is C32H26N4O5. The molecule has 3 heterocycles. The van der Waals surface area contributed by atoms with E-state index in [1.165, 1.54) is 0 Å². The van der Waals surface area contributed by atoms with E-state index in [2.05, 4.69) is 23.2 Å². The number of benzene rings is 4. The van der Waals surface area contributed by atoms with Gasteiger partial charge in [-0.2, -0.15) is 0 Å². The van der Waals surface area contributed by atoms with Crippen LogP contribution >= 0.6 is 0 Å². The minimum absolute atomic E-state index is 0.279. The van der Waals surface area contributed by atoms with Gasteiger partial charge in [0.05, 0.1) is 34.0 Å². The number of hydrogen-bond donors (Lipinski definition) is 0. The van der Waals surface area contributed by atoms with Crippen molar-refractivity contribution in [3.8, 4) is 46.0 Å². The first-order chi connectivity index (χ1) is 20.1. The average molecular weight is 547 g/mol. The molecule has 9 nitrogen and oxygen atoms in total. The fourth-order valence-electron chi connectivity index (χ4n) is 5.57. The highest BCUT2D eigenvalue weighted by Crippen LogP contribution is 2.51. The van der Waals surface area contributed by atoms with Gasteiger partial charge in [-0.15, -0.1) is 5.10 Å². The molecule has 0 N–H and O–H groups in total. The first-order valence-corrected chi connectivity index (χ1v) is 13.0. The third-order valence-corrected chi connectivity index (χ3v) is 7.48. The molecule has 0 unspecified atom stereocenters. The Labute approximate surface area is 235 Å². The minimum atomic E-state index is -0.279. The summed E-state index contributed by atoms with van der Waals surface area (Å²) in [7, 11) is 6.47.